The van der Waals surface area contributed by atoms with Gasteiger partial charge < -0.3 is 14.8 Å². The summed E-state index contributed by atoms with van der Waals surface area (Å²) in [6, 6.07) is -1.75. The fourth-order valence-electron chi connectivity index (χ4n) is 1.32. The molecule has 23 heavy (non-hydrogen) atoms. The van der Waals surface area contributed by atoms with Crippen molar-refractivity contribution >= 4 is 17.8 Å². The summed E-state index contributed by atoms with van der Waals surface area (Å²) >= 11 is 0. The molecule has 1 amide bonds. The van der Waals surface area contributed by atoms with Crippen molar-refractivity contribution in [3.63, 3.8) is 0 Å². The second-order valence-corrected chi connectivity index (χ2v) is 5.09. The number of halogens is 3. The van der Waals surface area contributed by atoms with E-state index in [1.807, 2.05) is 0 Å². The highest BCUT2D eigenvalue weighted by atomic mass is 19.4. The van der Waals surface area contributed by atoms with E-state index in [0.717, 1.165) is 0 Å². The first kappa shape index (κ1) is 21.2. The lowest BCUT2D eigenvalue weighted by atomic mass is 10.2. The largest absolute Gasteiger partial charge is 0.471 e. The van der Waals surface area contributed by atoms with Crippen LogP contribution < -0.4 is 5.32 Å². The van der Waals surface area contributed by atoms with E-state index in [4.69, 9.17) is 9.47 Å². The molecule has 0 bridgehead atoms. The molecule has 0 aliphatic carbocycles. The van der Waals surface area contributed by atoms with Gasteiger partial charge in [0.1, 0.15) is 6.04 Å². The number of carbonyl (C=O) groups is 3. The number of carbonyl (C=O) groups excluding carboxylic acids is 3. The summed E-state index contributed by atoms with van der Waals surface area (Å²) in [5, 5.41) is 1.47. The van der Waals surface area contributed by atoms with Crippen LogP contribution in [0.4, 0.5) is 13.2 Å². The van der Waals surface area contributed by atoms with Crippen LogP contribution in [0.15, 0.2) is 0 Å². The van der Waals surface area contributed by atoms with E-state index in [-0.39, 0.29) is 0 Å². The van der Waals surface area contributed by atoms with Gasteiger partial charge in [0.15, 0.2) is 0 Å². The van der Waals surface area contributed by atoms with Crippen molar-refractivity contribution in [2.45, 2.75) is 71.4 Å². The SMILES string of the molecule is CCC(C)OC(=O)CC(NC(=O)C(F)(F)F)C(=O)OC(C)CC. The van der Waals surface area contributed by atoms with Crippen LogP contribution in [0.2, 0.25) is 0 Å². The Morgan fingerprint density at radius 3 is 1.91 bits per heavy atom. The van der Waals surface area contributed by atoms with Crippen molar-refractivity contribution in [2.24, 2.45) is 0 Å². The minimum Gasteiger partial charge on any atom is -0.463 e. The van der Waals surface area contributed by atoms with Crippen LogP contribution in [-0.2, 0) is 23.9 Å². The maximum atomic E-state index is 12.3. The molecule has 0 radical (unpaired) electrons. The van der Waals surface area contributed by atoms with Gasteiger partial charge in [-0.05, 0) is 26.7 Å². The van der Waals surface area contributed by atoms with Gasteiger partial charge in [-0.25, -0.2) is 4.79 Å². The van der Waals surface area contributed by atoms with Gasteiger partial charge in [-0.3, -0.25) is 9.59 Å². The molecule has 0 aliphatic heterocycles. The number of nitrogens with one attached hydrogen (secondary N) is 1. The third kappa shape index (κ3) is 8.41. The summed E-state index contributed by atoms with van der Waals surface area (Å²) in [5.41, 5.74) is 0. The first-order chi connectivity index (χ1) is 10.5. The van der Waals surface area contributed by atoms with Gasteiger partial charge in [0.05, 0.1) is 18.6 Å². The van der Waals surface area contributed by atoms with E-state index in [9.17, 15) is 27.6 Å². The van der Waals surface area contributed by atoms with Crippen LogP contribution in [0.25, 0.3) is 0 Å². The van der Waals surface area contributed by atoms with E-state index < -0.39 is 48.7 Å². The second kappa shape index (κ2) is 9.36. The zero-order valence-corrected chi connectivity index (χ0v) is 13.5. The van der Waals surface area contributed by atoms with Crippen molar-refractivity contribution in [2.75, 3.05) is 0 Å². The lowest BCUT2D eigenvalue weighted by Crippen LogP contribution is -2.49. The molecule has 0 spiro atoms. The number of hydrogen-bond acceptors (Lipinski definition) is 5. The lowest BCUT2D eigenvalue weighted by Gasteiger charge is -2.21. The molecule has 6 nitrogen and oxygen atoms in total. The minimum atomic E-state index is -5.17. The molecule has 0 fully saturated rings. The van der Waals surface area contributed by atoms with Crippen LogP contribution in [0.3, 0.4) is 0 Å². The summed E-state index contributed by atoms with van der Waals surface area (Å²) in [6.45, 7) is 6.59. The first-order valence-corrected chi connectivity index (χ1v) is 7.28. The number of alkyl halides is 3. The predicted molar refractivity (Wildman–Crippen MR) is 74.3 cm³/mol. The summed E-state index contributed by atoms with van der Waals surface area (Å²) in [5.74, 6) is -4.33. The highest BCUT2D eigenvalue weighted by molar-refractivity contribution is 5.90. The van der Waals surface area contributed by atoms with E-state index in [1.165, 1.54) is 12.2 Å². The van der Waals surface area contributed by atoms with Crippen LogP contribution in [0, 0.1) is 0 Å². The topological polar surface area (TPSA) is 81.7 Å². The Hall–Kier alpha value is -1.80. The molecule has 0 aromatic heterocycles. The molecular weight excluding hydrogens is 319 g/mol. The highest BCUT2D eigenvalue weighted by Crippen LogP contribution is 2.15. The summed E-state index contributed by atoms with van der Waals surface area (Å²) in [4.78, 5) is 34.5. The van der Waals surface area contributed by atoms with Crippen LogP contribution >= 0.6 is 0 Å². The fraction of sp³-hybridized carbons (Fsp3) is 0.786. The molecule has 3 atom stereocenters. The molecule has 0 rings (SSSR count). The minimum absolute atomic E-state index is 0.434. The maximum Gasteiger partial charge on any atom is 0.471 e. The van der Waals surface area contributed by atoms with Gasteiger partial charge in [-0.2, -0.15) is 13.2 Å². The molecule has 0 aliphatic rings. The number of rotatable bonds is 8. The number of hydrogen-bond donors (Lipinski definition) is 1. The quantitative estimate of drug-likeness (QED) is 0.684. The molecular formula is C14H22F3NO5. The molecule has 0 saturated carbocycles. The highest BCUT2D eigenvalue weighted by Gasteiger charge is 2.41. The molecule has 3 unspecified atom stereocenters. The first-order valence-electron chi connectivity index (χ1n) is 7.28. The molecule has 0 saturated heterocycles. The van der Waals surface area contributed by atoms with Crippen molar-refractivity contribution < 1.29 is 37.0 Å². The Morgan fingerprint density at radius 1 is 1.00 bits per heavy atom. The molecule has 9 heteroatoms. The smallest absolute Gasteiger partial charge is 0.463 e. The Bertz CT molecular complexity index is 425. The Balaban J connectivity index is 4.96. The fourth-order valence-corrected chi connectivity index (χ4v) is 1.32. The average molecular weight is 341 g/mol. The predicted octanol–water partition coefficient (Wildman–Crippen LogP) is 2.11. The molecule has 0 aromatic rings. The normalized spacial score (nSPS) is 15.3. The Kier molecular flexibility index (Phi) is 8.63. The van der Waals surface area contributed by atoms with Gasteiger partial charge >= 0.3 is 24.0 Å². The summed E-state index contributed by atoms with van der Waals surface area (Å²) in [6.07, 6.45) is -5.98. The van der Waals surface area contributed by atoms with Gasteiger partial charge in [0, 0.05) is 0 Å². The van der Waals surface area contributed by atoms with Gasteiger partial charge in [-0.1, -0.05) is 13.8 Å². The average Bonchev–Trinajstić information content (AvgIpc) is 2.44. The number of ether oxygens (including phenoxy) is 2. The monoisotopic (exact) mass is 341 g/mol. The van der Waals surface area contributed by atoms with E-state index >= 15 is 0 Å². The van der Waals surface area contributed by atoms with Gasteiger partial charge in [0.25, 0.3) is 0 Å². The zero-order chi connectivity index (χ0) is 18.2. The van der Waals surface area contributed by atoms with Crippen molar-refractivity contribution in [3.05, 3.63) is 0 Å². The number of amides is 1. The molecule has 0 heterocycles. The van der Waals surface area contributed by atoms with E-state index in [0.29, 0.717) is 12.8 Å². The number of esters is 2. The van der Waals surface area contributed by atoms with Crippen LogP contribution in [0.5, 0.6) is 0 Å². The van der Waals surface area contributed by atoms with Crippen molar-refractivity contribution in [1.29, 1.82) is 0 Å². The van der Waals surface area contributed by atoms with Crippen molar-refractivity contribution in [3.8, 4) is 0 Å². The second-order valence-electron chi connectivity index (χ2n) is 5.09. The van der Waals surface area contributed by atoms with Gasteiger partial charge in [-0.15, -0.1) is 0 Å². The molecule has 0 aromatic carbocycles. The van der Waals surface area contributed by atoms with Crippen molar-refractivity contribution in [1.82, 2.24) is 5.32 Å². The summed E-state index contributed by atoms with van der Waals surface area (Å²) in [7, 11) is 0. The summed E-state index contributed by atoms with van der Waals surface area (Å²) < 4.78 is 46.7. The van der Waals surface area contributed by atoms with Crippen LogP contribution in [-0.4, -0.2) is 42.3 Å². The zero-order valence-electron chi connectivity index (χ0n) is 13.5. The third-order valence-corrected chi connectivity index (χ3v) is 3.02. The Morgan fingerprint density at radius 2 is 1.48 bits per heavy atom. The van der Waals surface area contributed by atoms with Crippen LogP contribution in [0.1, 0.15) is 47.0 Å². The van der Waals surface area contributed by atoms with Gasteiger partial charge in [0.2, 0.25) is 0 Å². The molecule has 134 valence electrons. The third-order valence-electron chi connectivity index (χ3n) is 3.02. The van der Waals surface area contributed by atoms with E-state index in [2.05, 4.69) is 0 Å². The maximum absolute atomic E-state index is 12.3. The van der Waals surface area contributed by atoms with E-state index in [1.54, 1.807) is 20.8 Å². The standard InChI is InChI=1S/C14H22F3NO5/c1-5-8(3)22-11(19)7-10(12(20)23-9(4)6-2)18-13(21)14(15,16)17/h8-10H,5-7H2,1-4H3,(H,18,21). The molecule has 1 N–H and O–H groups in total. The Labute approximate surface area is 132 Å². The lowest BCUT2D eigenvalue weighted by molar-refractivity contribution is -0.177.